The Morgan fingerprint density at radius 2 is 2.19 bits per heavy atom. The van der Waals surface area contributed by atoms with Gasteiger partial charge in [-0.3, -0.25) is 4.79 Å². The molecule has 2 nitrogen and oxygen atoms in total. The number of benzene rings is 1. The number of halogens is 1. The number of hydrogen-bond donors (Lipinski definition) is 1. The van der Waals surface area contributed by atoms with Gasteiger partial charge in [-0.05, 0) is 43.0 Å². The van der Waals surface area contributed by atoms with E-state index in [1.54, 1.807) is 6.07 Å². The van der Waals surface area contributed by atoms with Crippen molar-refractivity contribution in [2.45, 2.75) is 25.3 Å². The monoisotopic (exact) mass is 219 g/mol. The Labute approximate surface area is 94.2 Å². The molecule has 0 saturated heterocycles. The van der Waals surface area contributed by atoms with Crippen LogP contribution in [0.25, 0.3) is 6.08 Å². The lowest BCUT2D eigenvalue weighted by Gasteiger charge is -2.26. The van der Waals surface area contributed by atoms with Gasteiger partial charge in [0.1, 0.15) is 5.82 Å². The lowest BCUT2D eigenvalue weighted by atomic mass is 9.93. The molecule has 1 N–H and O–H groups in total. The van der Waals surface area contributed by atoms with Crippen molar-refractivity contribution in [1.82, 2.24) is 5.32 Å². The predicted molar refractivity (Wildman–Crippen MR) is 61.6 cm³/mol. The SMILES string of the molecule is C=Cc1cc(F)cc(C(=O)NC2CCC2)c1. The number of carbonyl (C=O) groups is 1. The third-order valence-corrected chi connectivity index (χ3v) is 2.86. The average Bonchev–Trinajstić information content (AvgIpc) is 2.22. The molecule has 1 amide bonds. The summed E-state index contributed by atoms with van der Waals surface area (Å²) >= 11 is 0. The van der Waals surface area contributed by atoms with E-state index in [9.17, 15) is 9.18 Å². The second-order valence-electron chi connectivity index (χ2n) is 4.08. The van der Waals surface area contributed by atoms with Crippen molar-refractivity contribution in [1.29, 1.82) is 0 Å². The highest BCUT2D eigenvalue weighted by Crippen LogP contribution is 2.19. The molecular weight excluding hydrogens is 205 g/mol. The smallest absolute Gasteiger partial charge is 0.251 e. The van der Waals surface area contributed by atoms with Crippen LogP contribution in [0.1, 0.15) is 35.2 Å². The molecule has 1 fully saturated rings. The van der Waals surface area contributed by atoms with E-state index in [0.717, 1.165) is 19.3 Å². The third kappa shape index (κ3) is 2.30. The van der Waals surface area contributed by atoms with Crippen LogP contribution >= 0.6 is 0 Å². The highest BCUT2D eigenvalue weighted by molar-refractivity contribution is 5.95. The topological polar surface area (TPSA) is 29.1 Å². The van der Waals surface area contributed by atoms with Crippen LogP contribution in [-0.2, 0) is 0 Å². The minimum Gasteiger partial charge on any atom is -0.349 e. The fourth-order valence-corrected chi connectivity index (χ4v) is 1.68. The normalized spacial score (nSPS) is 15.3. The molecule has 0 atom stereocenters. The van der Waals surface area contributed by atoms with E-state index in [1.165, 1.54) is 18.2 Å². The summed E-state index contributed by atoms with van der Waals surface area (Å²) in [7, 11) is 0. The Hall–Kier alpha value is -1.64. The first-order chi connectivity index (χ1) is 7.69. The number of hydrogen-bond acceptors (Lipinski definition) is 1. The Morgan fingerprint density at radius 1 is 1.44 bits per heavy atom. The zero-order chi connectivity index (χ0) is 11.5. The van der Waals surface area contributed by atoms with Gasteiger partial charge in [0.25, 0.3) is 5.91 Å². The van der Waals surface area contributed by atoms with Crippen molar-refractivity contribution in [3.8, 4) is 0 Å². The molecule has 0 unspecified atom stereocenters. The summed E-state index contributed by atoms with van der Waals surface area (Å²) in [5.74, 6) is -0.608. The van der Waals surface area contributed by atoms with Crippen LogP contribution in [0.15, 0.2) is 24.8 Å². The number of nitrogens with one attached hydrogen (secondary N) is 1. The van der Waals surface area contributed by atoms with E-state index in [-0.39, 0.29) is 11.9 Å². The first-order valence-electron chi connectivity index (χ1n) is 5.43. The molecule has 16 heavy (non-hydrogen) atoms. The van der Waals surface area contributed by atoms with E-state index in [0.29, 0.717) is 11.1 Å². The Bertz CT molecular complexity index is 424. The summed E-state index contributed by atoms with van der Waals surface area (Å²) in [4.78, 5) is 11.8. The van der Waals surface area contributed by atoms with Gasteiger partial charge < -0.3 is 5.32 Å². The molecule has 0 aliphatic heterocycles. The van der Waals surface area contributed by atoms with Crippen molar-refractivity contribution in [2.75, 3.05) is 0 Å². The molecule has 1 aromatic carbocycles. The first-order valence-corrected chi connectivity index (χ1v) is 5.43. The van der Waals surface area contributed by atoms with Gasteiger partial charge in [-0.1, -0.05) is 12.7 Å². The molecular formula is C13H14FNO. The standard InChI is InChI=1S/C13H14FNO/c1-2-9-6-10(8-11(14)7-9)13(16)15-12-4-3-5-12/h2,6-8,12H,1,3-5H2,(H,15,16). The van der Waals surface area contributed by atoms with Gasteiger partial charge >= 0.3 is 0 Å². The summed E-state index contributed by atoms with van der Waals surface area (Å²) in [6.07, 6.45) is 4.74. The quantitative estimate of drug-likeness (QED) is 0.832. The van der Waals surface area contributed by atoms with Crippen molar-refractivity contribution >= 4 is 12.0 Å². The van der Waals surface area contributed by atoms with Crippen LogP contribution in [0.3, 0.4) is 0 Å². The van der Waals surface area contributed by atoms with Crippen molar-refractivity contribution in [2.24, 2.45) is 0 Å². The van der Waals surface area contributed by atoms with Crippen LogP contribution in [0.4, 0.5) is 4.39 Å². The van der Waals surface area contributed by atoms with E-state index in [4.69, 9.17) is 0 Å². The van der Waals surface area contributed by atoms with Crippen LogP contribution in [0, 0.1) is 5.82 Å². The van der Waals surface area contributed by atoms with E-state index in [2.05, 4.69) is 11.9 Å². The van der Waals surface area contributed by atoms with E-state index >= 15 is 0 Å². The largest absolute Gasteiger partial charge is 0.349 e. The highest BCUT2D eigenvalue weighted by atomic mass is 19.1. The predicted octanol–water partition coefficient (Wildman–Crippen LogP) is 2.75. The molecule has 1 aliphatic carbocycles. The molecule has 0 radical (unpaired) electrons. The molecule has 0 heterocycles. The fourth-order valence-electron chi connectivity index (χ4n) is 1.68. The van der Waals surface area contributed by atoms with Gasteiger partial charge in [-0.2, -0.15) is 0 Å². The van der Waals surface area contributed by atoms with Crippen LogP contribution in [0.2, 0.25) is 0 Å². The second-order valence-corrected chi connectivity index (χ2v) is 4.08. The summed E-state index contributed by atoms with van der Waals surface area (Å²) < 4.78 is 13.2. The molecule has 2 rings (SSSR count). The third-order valence-electron chi connectivity index (χ3n) is 2.86. The van der Waals surface area contributed by atoms with E-state index < -0.39 is 5.82 Å². The van der Waals surface area contributed by atoms with Crippen LogP contribution in [-0.4, -0.2) is 11.9 Å². The number of amides is 1. The zero-order valence-electron chi connectivity index (χ0n) is 9.00. The lowest BCUT2D eigenvalue weighted by molar-refractivity contribution is 0.0916. The number of rotatable bonds is 3. The maximum Gasteiger partial charge on any atom is 0.251 e. The summed E-state index contributed by atoms with van der Waals surface area (Å²) in [5, 5.41) is 2.87. The average molecular weight is 219 g/mol. The van der Waals surface area contributed by atoms with Crippen molar-refractivity contribution in [3.05, 3.63) is 41.7 Å². The molecule has 1 aliphatic rings. The van der Waals surface area contributed by atoms with Crippen LogP contribution in [0.5, 0.6) is 0 Å². The fraction of sp³-hybridized carbons (Fsp3) is 0.308. The minimum absolute atomic E-state index is 0.202. The molecule has 1 saturated carbocycles. The molecule has 3 heteroatoms. The molecule has 0 aromatic heterocycles. The zero-order valence-corrected chi connectivity index (χ0v) is 9.00. The molecule has 84 valence electrons. The highest BCUT2D eigenvalue weighted by Gasteiger charge is 2.20. The molecule has 0 spiro atoms. The summed E-state index contributed by atoms with van der Waals surface area (Å²) in [6.45, 7) is 3.56. The van der Waals surface area contributed by atoms with Gasteiger partial charge in [0.2, 0.25) is 0 Å². The van der Waals surface area contributed by atoms with Gasteiger partial charge in [-0.15, -0.1) is 0 Å². The van der Waals surface area contributed by atoms with Crippen LogP contribution < -0.4 is 5.32 Å². The lowest BCUT2D eigenvalue weighted by Crippen LogP contribution is -2.39. The molecule has 1 aromatic rings. The summed E-state index contributed by atoms with van der Waals surface area (Å²) in [6, 6.07) is 4.51. The van der Waals surface area contributed by atoms with Crippen molar-refractivity contribution < 1.29 is 9.18 Å². The first kappa shape index (κ1) is 10.9. The maximum atomic E-state index is 13.2. The van der Waals surface area contributed by atoms with Crippen molar-refractivity contribution in [3.63, 3.8) is 0 Å². The van der Waals surface area contributed by atoms with E-state index in [1.807, 2.05) is 0 Å². The van der Waals surface area contributed by atoms with Gasteiger partial charge in [-0.25, -0.2) is 4.39 Å². The number of carbonyl (C=O) groups excluding carboxylic acids is 1. The Balaban J connectivity index is 2.14. The second kappa shape index (κ2) is 4.47. The maximum absolute atomic E-state index is 13.2. The van der Waals surface area contributed by atoms with Gasteiger partial charge in [0, 0.05) is 11.6 Å². The minimum atomic E-state index is -0.406. The summed E-state index contributed by atoms with van der Waals surface area (Å²) in [5.41, 5.74) is 0.987. The van der Waals surface area contributed by atoms with Gasteiger partial charge in [0.15, 0.2) is 0 Å². The Morgan fingerprint density at radius 3 is 2.75 bits per heavy atom. The van der Waals surface area contributed by atoms with Gasteiger partial charge in [0.05, 0.1) is 0 Å². The molecule has 0 bridgehead atoms. The Kier molecular flexibility index (Phi) is 3.04.